The van der Waals surface area contributed by atoms with Crippen LogP contribution in [-0.2, 0) is 0 Å². The Hall–Kier alpha value is -0.200. The molecule has 0 aromatic heterocycles. The van der Waals surface area contributed by atoms with E-state index >= 15 is 0 Å². The van der Waals surface area contributed by atoms with E-state index < -0.39 is 0 Å². The summed E-state index contributed by atoms with van der Waals surface area (Å²) in [6, 6.07) is 8.03. The standard InChI is InChI=1S/C13H18Cl2/c1-3-10(4-2)12(9-14)11-7-5-6-8-13(11)15/h5-8,10,12H,3-4,9H2,1-2H3. The summed E-state index contributed by atoms with van der Waals surface area (Å²) < 4.78 is 0. The summed E-state index contributed by atoms with van der Waals surface area (Å²) in [6.07, 6.45) is 2.30. The van der Waals surface area contributed by atoms with Crippen molar-refractivity contribution in [3.8, 4) is 0 Å². The van der Waals surface area contributed by atoms with Crippen molar-refractivity contribution in [3.05, 3.63) is 34.9 Å². The molecule has 0 nitrogen and oxygen atoms in total. The molecular formula is C13H18Cl2. The highest BCUT2D eigenvalue weighted by molar-refractivity contribution is 6.31. The molecule has 1 aromatic carbocycles. The SMILES string of the molecule is CCC(CC)C(CCl)c1ccccc1Cl. The van der Waals surface area contributed by atoms with E-state index in [0.29, 0.717) is 17.7 Å². The Morgan fingerprint density at radius 1 is 1.13 bits per heavy atom. The number of hydrogen-bond donors (Lipinski definition) is 0. The quantitative estimate of drug-likeness (QED) is 0.633. The van der Waals surface area contributed by atoms with E-state index in [0.717, 1.165) is 17.9 Å². The van der Waals surface area contributed by atoms with Gasteiger partial charge in [-0.15, -0.1) is 11.6 Å². The largest absolute Gasteiger partial charge is 0.126 e. The normalized spacial score (nSPS) is 13.1. The van der Waals surface area contributed by atoms with Gasteiger partial charge in [0, 0.05) is 16.8 Å². The van der Waals surface area contributed by atoms with Gasteiger partial charge in [-0.2, -0.15) is 0 Å². The predicted octanol–water partition coefficient (Wildman–Crippen LogP) is 5.10. The molecule has 0 heterocycles. The molecule has 1 aromatic rings. The van der Waals surface area contributed by atoms with Crippen LogP contribution >= 0.6 is 23.2 Å². The molecule has 0 fully saturated rings. The lowest BCUT2D eigenvalue weighted by molar-refractivity contribution is 0.422. The van der Waals surface area contributed by atoms with E-state index in [9.17, 15) is 0 Å². The van der Waals surface area contributed by atoms with Crippen LogP contribution in [0.2, 0.25) is 5.02 Å². The van der Waals surface area contributed by atoms with Crippen molar-refractivity contribution in [1.29, 1.82) is 0 Å². The van der Waals surface area contributed by atoms with Crippen LogP contribution in [0.4, 0.5) is 0 Å². The molecule has 1 rings (SSSR count). The highest BCUT2D eigenvalue weighted by atomic mass is 35.5. The van der Waals surface area contributed by atoms with Crippen molar-refractivity contribution in [2.75, 3.05) is 5.88 Å². The van der Waals surface area contributed by atoms with E-state index in [1.165, 1.54) is 5.56 Å². The molecule has 84 valence electrons. The second kappa shape index (κ2) is 6.40. The molecule has 0 saturated heterocycles. The van der Waals surface area contributed by atoms with Crippen LogP contribution < -0.4 is 0 Å². The molecule has 0 spiro atoms. The van der Waals surface area contributed by atoms with Crippen LogP contribution in [0.15, 0.2) is 24.3 Å². The summed E-state index contributed by atoms with van der Waals surface area (Å²) in [7, 11) is 0. The summed E-state index contributed by atoms with van der Waals surface area (Å²) in [5, 5.41) is 0.843. The van der Waals surface area contributed by atoms with Gasteiger partial charge < -0.3 is 0 Å². The molecule has 0 saturated carbocycles. The zero-order valence-electron chi connectivity index (χ0n) is 9.34. The fraction of sp³-hybridized carbons (Fsp3) is 0.538. The third-order valence-electron chi connectivity index (χ3n) is 3.09. The number of rotatable bonds is 5. The monoisotopic (exact) mass is 244 g/mol. The number of halogens is 2. The van der Waals surface area contributed by atoms with E-state index in [1.54, 1.807) is 0 Å². The predicted molar refractivity (Wildman–Crippen MR) is 69.0 cm³/mol. The second-order valence-electron chi connectivity index (χ2n) is 3.86. The number of hydrogen-bond acceptors (Lipinski definition) is 0. The smallest absolute Gasteiger partial charge is 0.0441 e. The van der Waals surface area contributed by atoms with Crippen molar-refractivity contribution in [3.63, 3.8) is 0 Å². The topological polar surface area (TPSA) is 0 Å². The van der Waals surface area contributed by atoms with E-state index in [1.807, 2.05) is 18.2 Å². The van der Waals surface area contributed by atoms with Crippen LogP contribution in [-0.4, -0.2) is 5.88 Å². The van der Waals surface area contributed by atoms with Crippen LogP contribution in [0.3, 0.4) is 0 Å². The van der Waals surface area contributed by atoms with Crippen molar-refractivity contribution >= 4 is 23.2 Å². The van der Waals surface area contributed by atoms with E-state index in [2.05, 4.69) is 19.9 Å². The van der Waals surface area contributed by atoms with Crippen LogP contribution in [0.5, 0.6) is 0 Å². The fourth-order valence-corrected chi connectivity index (χ4v) is 2.79. The molecule has 0 aliphatic carbocycles. The molecule has 0 radical (unpaired) electrons. The number of alkyl halides is 1. The Labute approximate surface area is 103 Å². The van der Waals surface area contributed by atoms with Gasteiger partial charge in [-0.05, 0) is 17.5 Å². The summed E-state index contributed by atoms with van der Waals surface area (Å²) in [4.78, 5) is 0. The maximum atomic E-state index is 6.20. The molecular weight excluding hydrogens is 227 g/mol. The maximum absolute atomic E-state index is 6.20. The summed E-state index contributed by atoms with van der Waals surface area (Å²) in [5.41, 5.74) is 1.20. The van der Waals surface area contributed by atoms with Crippen molar-refractivity contribution in [2.24, 2.45) is 5.92 Å². The molecule has 0 bridgehead atoms. The van der Waals surface area contributed by atoms with Gasteiger partial charge in [0.2, 0.25) is 0 Å². The van der Waals surface area contributed by atoms with Gasteiger partial charge in [0.1, 0.15) is 0 Å². The van der Waals surface area contributed by atoms with Crippen molar-refractivity contribution in [1.82, 2.24) is 0 Å². The molecule has 0 aliphatic heterocycles. The van der Waals surface area contributed by atoms with Gasteiger partial charge in [-0.25, -0.2) is 0 Å². The van der Waals surface area contributed by atoms with E-state index in [-0.39, 0.29) is 0 Å². The first kappa shape index (κ1) is 12.9. The minimum absolute atomic E-state index is 0.385. The maximum Gasteiger partial charge on any atom is 0.0441 e. The lowest BCUT2D eigenvalue weighted by atomic mass is 9.84. The minimum atomic E-state index is 0.385. The van der Waals surface area contributed by atoms with Crippen LogP contribution in [0.25, 0.3) is 0 Å². The van der Waals surface area contributed by atoms with Gasteiger partial charge in [0.25, 0.3) is 0 Å². The van der Waals surface area contributed by atoms with Crippen LogP contribution in [0.1, 0.15) is 38.2 Å². The van der Waals surface area contributed by atoms with E-state index in [4.69, 9.17) is 23.2 Å². The molecule has 1 atom stereocenters. The van der Waals surface area contributed by atoms with Gasteiger partial charge in [-0.1, -0.05) is 56.5 Å². The molecule has 1 unspecified atom stereocenters. The Kier molecular flexibility index (Phi) is 5.49. The molecule has 0 amide bonds. The Morgan fingerprint density at radius 2 is 1.73 bits per heavy atom. The Balaban J connectivity index is 2.96. The summed E-state index contributed by atoms with van der Waals surface area (Å²) >= 11 is 12.3. The first-order valence-electron chi connectivity index (χ1n) is 5.54. The highest BCUT2D eigenvalue weighted by Gasteiger charge is 2.21. The third-order valence-corrected chi connectivity index (χ3v) is 3.77. The van der Waals surface area contributed by atoms with Crippen molar-refractivity contribution < 1.29 is 0 Å². The third kappa shape index (κ3) is 3.12. The zero-order chi connectivity index (χ0) is 11.3. The van der Waals surface area contributed by atoms with Crippen molar-refractivity contribution in [2.45, 2.75) is 32.6 Å². The molecule has 0 aliphatic rings. The summed E-state index contributed by atoms with van der Waals surface area (Å²) in [6.45, 7) is 4.43. The first-order chi connectivity index (χ1) is 7.24. The average molecular weight is 245 g/mol. The lowest BCUT2D eigenvalue weighted by Crippen LogP contribution is -2.13. The summed E-state index contributed by atoms with van der Waals surface area (Å²) in [5.74, 6) is 1.66. The Bertz CT molecular complexity index is 292. The second-order valence-corrected chi connectivity index (χ2v) is 4.57. The molecule has 2 heteroatoms. The average Bonchev–Trinajstić information content (AvgIpc) is 2.27. The number of benzene rings is 1. The molecule has 15 heavy (non-hydrogen) atoms. The van der Waals surface area contributed by atoms with Gasteiger partial charge in [-0.3, -0.25) is 0 Å². The lowest BCUT2D eigenvalue weighted by Gasteiger charge is -2.24. The minimum Gasteiger partial charge on any atom is -0.126 e. The molecule has 0 N–H and O–H groups in total. The zero-order valence-corrected chi connectivity index (χ0v) is 10.9. The first-order valence-corrected chi connectivity index (χ1v) is 6.46. The van der Waals surface area contributed by atoms with Gasteiger partial charge in [0.15, 0.2) is 0 Å². The Morgan fingerprint density at radius 3 is 2.20 bits per heavy atom. The fourth-order valence-electron chi connectivity index (χ4n) is 2.10. The van der Waals surface area contributed by atoms with Gasteiger partial charge >= 0.3 is 0 Å². The highest BCUT2D eigenvalue weighted by Crippen LogP contribution is 2.34. The van der Waals surface area contributed by atoms with Gasteiger partial charge in [0.05, 0.1) is 0 Å². The van der Waals surface area contributed by atoms with Crippen LogP contribution in [0, 0.1) is 5.92 Å².